The number of imidazole rings is 1. The lowest BCUT2D eigenvalue weighted by Crippen LogP contribution is -2.38. The van der Waals surface area contributed by atoms with E-state index in [0.29, 0.717) is 24.5 Å². The van der Waals surface area contributed by atoms with Crippen LogP contribution in [-0.2, 0) is 9.59 Å². The van der Waals surface area contributed by atoms with E-state index >= 15 is 0 Å². The molecule has 37 heavy (non-hydrogen) atoms. The maximum atomic E-state index is 12.9. The molecule has 3 heterocycles. The van der Waals surface area contributed by atoms with Crippen LogP contribution in [0, 0.1) is 0 Å². The van der Waals surface area contributed by atoms with Crippen LogP contribution >= 0.6 is 0 Å². The van der Waals surface area contributed by atoms with Gasteiger partial charge in [-0.05, 0) is 49.3 Å². The summed E-state index contributed by atoms with van der Waals surface area (Å²) in [5, 5.41) is 8.59. The molecule has 1 aliphatic heterocycles. The molecule has 4 aromatic rings. The van der Waals surface area contributed by atoms with E-state index in [1.165, 1.54) is 17.6 Å². The number of fused-ring (bicyclic) bond motifs is 1. The van der Waals surface area contributed by atoms with E-state index in [0.717, 1.165) is 35.3 Å². The van der Waals surface area contributed by atoms with E-state index in [4.69, 9.17) is 10.2 Å². The number of para-hydroxylation sites is 2. The molecule has 0 atom stereocenters. The van der Waals surface area contributed by atoms with Gasteiger partial charge >= 0.3 is 0 Å². The molecule has 0 bridgehead atoms. The zero-order valence-corrected chi connectivity index (χ0v) is 20.2. The third-order valence-electron chi connectivity index (χ3n) is 6.47. The largest absolute Gasteiger partial charge is 0.339 e. The van der Waals surface area contributed by atoms with Crippen molar-refractivity contribution in [3.05, 3.63) is 96.3 Å². The van der Waals surface area contributed by atoms with Crippen molar-refractivity contribution in [3.8, 4) is 11.4 Å². The first-order valence-corrected chi connectivity index (χ1v) is 12.2. The smallest absolute Gasteiger partial charge is 0.267 e. The number of benzene rings is 2. The number of carbonyl (C=O) groups excluding carboxylic acids is 2. The lowest BCUT2D eigenvalue weighted by Gasteiger charge is -2.33. The molecule has 0 spiro atoms. The van der Waals surface area contributed by atoms with Crippen molar-refractivity contribution < 1.29 is 14.8 Å². The highest BCUT2D eigenvalue weighted by atomic mass is 16.5. The topological polar surface area (TPSA) is 100 Å². The number of nitrogens with zero attached hydrogens (tertiary/aromatic N) is 4. The quantitative estimate of drug-likeness (QED) is 0.234. The number of hydrogen-bond donors (Lipinski definition) is 2. The highest BCUT2D eigenvalue weighted by Gasteiger charge is 2.26. The van der Waals surface area contributed by atoms with Crippen molar-refractivity contribution in [2.24, 2.45) is 0 Å². The van der Waals surface area contributed by atoms with E-state index in [1.807, 2.05) is 41.3 Å². The fraction of sp³-hybridized carbons (Fsp3) is 0.172. The minimum atomic E-state index is -0.638. The second kappa shape index (κ2) is 11.0. The molecule has 1 fully saturated rings. The maximum Gasteiger partial charge on any atom is 0.267 e. The highest BCUT2D eigenvalue weighted by molar-refractivity contribution is 5.92. The summed E-state index contributed by atoms with van der Waals surface area (Å²) in [5.41, 5.74) is 5.86. The first-order chi connectivity index (χ1) is 18.1. The lowest BCUT2D eigenvalue weighted by molar-refractivity contribution is -0.127. The number of piperidine rings is 1. The number of likely N-dealkylation sites (tertiary alicyclic amines) is 1. The Morgan fingerprint density at radius 3 is 2.24 bits per heavy atom. The van der Waals surface area contributed by atoms with E-state index in [1.54, 1.807) is 30.4 Å². The zero-order chi connectivity index (χ0) is 25.6. The van der Waals surface area contributed by atoms with Gasteiger partial charge < -0.3 is 9.47 Å². The van der Waals surface area contributed by atoms with Crippen molar-refractivity contribution in [1.29, 1.82) is 0 Å². The molecule has 0 radical (unpaired) electrons. The summed E-state index contributed by atoms with van der Waals surface area (Å²) < 4.78 is 2.34. The molecule has 1 aliphatic rings. The number of carbonyl (C=O) groups is 2. The van der Waals surface area contributed by atoms with E-state index in [2.05, 4.69) is 27.8 Å². The van der Waals surface area contributed by atoms with E-state index < -0.39 is 5.91 Å². The molecule has 2 N–H and O–H groups in total. The number of rotatable bonds is 6. The summed E-state index contributed by atoms with van der Waals surface area (Å²) in [4.78, 5) is 35.3. The summed E-state index contributed by atoms with van der Waals surface area (Å²) in [6.07, 6.45) is 7.56. The van der Waals surface area contributed by atoms with Gasteiger partial charge in [-0.2, -0.15) is 0 Å². The minimum absolute atomic E-state index is 0.0559. The van der Waals surface area contributed by atoms with Gasteiger partial charge in [-0.25, -0.2) is 15.4 Å². The summed E-state index contributed by atoms with van der Waals surface area (Å²) >= 11 is 0. The predicted octanol–water partition coefficient (Wildman–Crippen LogP) is 4.49. The molecular formula is C29H27N5O3. The minimum Gasteiger partial charge on any atom is -0.339 e. The second-order valence-corrected chi connectivity index (χ2v) is 8.85. The zero-order valence-electron chi connectivity index (χ0n) is 20.2. The number of hydrogen-bond acceptors (Lipinski definition) is 5. The summed E-state index contributed by atoms with van der Waals surface area (Å²) in [6.45, 7) is 1.31. The molecule has 8 heteroatoms. The van der Waals surface area contributed by atoms with Gasteiger partial charge in [-0.15, -0.1) is 0 Å². The van der Waals surface area contributed by atoms with E-state index in [9.17, 15) is 9.59 Å². The Kier molecular flexibility index (Phi) is 7.19. The van der Waals surface area contributed by atoms with Gasteiger partial charge in [-0.3, -0.25) is 14.8 Å². The van der Waals surface area contributed by atoms with Crippen molar-refractivity contribution in [2.45, 2.75) is 18.9 Å². The fourth-order valence-electron chi connectivity index (χ4n) is 4.66. The van der Waals surface area contributed by atoms with Crippen LogP contribution in [-0.4, -0.2) is 49.5 Å². The van der Waals surface area contributed by atoms with Crippen LogP contribution in [0.2, 0.25) is 0 Å². The molecule has 0 aliphatic carbocycles. The van der Waals surface area contributed by atoms with Gasteiger partial charge in [0.2, 0.25) is 5.91 Å². The first kappa shape index (κ1) is 24.1. The predicted molar refractivity (Wildman–Crippen MR) is 142 cm³/mol. The molecule has 1 saturated heterocycles. The van der Waals surface area contributed by atoms with Crippen LogP contribution < -0.4 is 5.48 Å². The Hall–Kier alpha value is -4.56. The van der Waals surface area contributed by atoms with Gasteiger partial charge in [-0.1, -0.05) is 48.5 Å². The number of aromatic nitrogens is 3. The molecule has 5 rings (SSSR count). The van der Waals surface area contributed by atoms with Gasteiger partial charge in [0.1, 0.15) is 5.82 Å². The van der Waals surface area contributed by atoms with Crippen molar-refractivity contribution in [1.82, 2.24) is 24.9 Å². The van der Waals surface area contributed by atoms with Crippen LogP contribution in [0.3, 0.4) is 0 Å². The number of amides is 2. The van der Waals surface area contributed by atoms with Crippen LogP contribution in [0.1, 0.15) is 30.3 Å². The Balaban J connectivity index is 1.28. The molecule has 2 amide bonds. The van der Waals surface area contributed by atoms with Gasteiger partial charge in [0.15, 0.2) is 0 Å². The number of nitrogens with one attached hydrogen (secondary N) is 1. The summed E-state index contributed by atoms with van der Waals surface area (Å²) in [6, 6.07) is 24.0. The van der Waals surface area contributed by atoms with Crippen LogP contribution in [0.5, 0.6) is 0 Å². The monoisotopic (exact) mass is 493 g/mol. The third kappa shape index (κ3) is 5.49. The fourth-order valence-corrected chi connectivity index (χ4v) is 4.66. The van der Waals surface area contributed by atoms with Gasteiger partial charge in [0, 0.05) is 36.8 Å². The van der Waals surface area contributed by atoms with Crippen molar-refractivity contribution in [3.63, 3.8) is 0 Å². The maximum absolute atomic E-state index is 12.9. The Morgan fingerprint density at radius 2 is 1.51 bits per heavy atom. The molecule has 2 aromatic carbocycles. The highest BCUT2D eigenvalue weighted by Crippen LogP contribution is 2.33. The van der Waals surface area contributed by atoms with Gasteiger partial charge in [0.25, 0.3) is 5.91 Å². The van der Waals surface area contributed by atoms with Crippen molar-refractivity contribution in [2.75, 3.05) is 13.1 Å². The molecule has 0 saturated carbocycles. The van der Waals surface area contributed by atoms with Crippen molar-refractivity contribution >= 4 is 35.0 Å². The molecule has 0 unspecified atom stereocenters. The lowest BCUT2D eigenvalue weighted by atomic mass is 10.0. The van der Waals surface area contributed by atoms with Crippen LogP contribution in [0.4, 0.5) is 0 Å². The molecule has 186 valence electrons. The summed E-state index contributed by atoms with van der Waals surface area (Å²) in [5.74, 6) is 0.267. The Morgan fingerprint density at radius 1 is 0.838 bits per heavy atom. The van der Waals surface area contributed by atoms with Crippen LogP contribution in [0.25, 0.3) is 34.6 Å². The summed E-state index contributed by atoms with van der Waals surface area (Å²) in [7, 11) is 0. The molecular weight excluding hydrogens is 466 g/mol. The molecule has 2 aromatic heterocycles. The Labute approximate surface area is 214 Å². The molecule has 8 nitrogen and oxygen atoms in total. The van der Waals surface area contributed by atoms with Gasteiger partial charge in [0.05, 0.1) is 22.4 Å². The normalized spacial score (nSPS) is 14.6. The second-order valence-electron chi connectivity index (χ2n) is 8.85. The Bertz CT molecular complexity index is 1470. The SMILES string of the molecule is O=C(/C=C/c1cccc(/C=C/C(=O)N2CCC(n3c(-c4ccccc4)nc4ccccc43)CC2)n1)NO. The average Bonchev–Trinajstić information content (AvgIpc) is 3.35. The number of hydroxylamine groups is 1. The van der Waals surface area contributed by atoms with E-state index in [-0.39, 0.29) is 11.9 Å². The first-order valence-electron chi connectivity index (χ1n) is 12.2. The average molecular weight is 494 g/mol. The number of pyridine rings is 1. The third-order valence-corrected chi connectivity index (χ3v) is 6.47. The van der Waals surface area contributed by atoms with Crippen LogP contribution in [0.15, 0.2) is 84.9 Å². The standard InChI is InChI=1S/C29H27N5O3/c35-27(32-37)15-13-22-9-6-10-23(30-22)14-16-28(36)33-19-17-24(18-20-33)34-26-12-5-4-11-25(26)31-29(34)21-7-2-1-3-8-21/h1-16,24,37H,17-20H2,(H,32,35)/b15-13+,16-14+.